The molecule has 3 N–H and O–H groups in total. The highest BCUT2D eigenvalue weighted by Gasteiger charge is 2.29. The SMILES string of the molecule is NC(=O)[C@H]1CCN(C(=O)NCc2ccc(F)c(Cl)c2)C1. The Kier molecular flexibility index (Phi) is 4.44. The van der Waals surface area contributed by atoms with Crippen molar-refractivity contribution in [1.29, 1.82) is 0 Å². The molecule has 0 spiro atoms. The summed E-state index contributed by atoms with van der Waals surface area (Å²) < 4.78 is 13.0. The van der Waals surface area contributed by atoms with Gasteiger partial charge in [0.1, 0.15) is 5.82 Å². The van der Waals surface area contributed by atoms with Crippen LogP contribution in [-0.4, -0.2) is 29.9 Å². The Bertz CT molecular complexity index is 538. The normalized spacial score (nSPS) is 18.1. The summed E-state index contributed by atoms with van der Waals surface area (Å²) in [5.41, 5.74) is 5.91. The van der Waals surface area contributed by atoms with Crippen molar-refractivity contribution < 1.29 is 14.0 Å². The van der Waals surface area contributed by atoms with Crippen LogP contribution in [0.25, 0.3) is 0 Å². The molecule has 0 saturated carbocycles. The van der Waals surface area contributed by atoms with Crippen molar-refractivity contribution in [2.75, 3.05) is 13.1 Å². The average molecular weight is 300 g/mol. The van der Waals surface area contributed by atoms with E-state index in [9.17, 15) is 14.0 Å². The molecule has 1 atom stereocenters. The number of likely N-dealkylation sites (tertiary alicyclic amines) is 1. The Morgan fingerprint density at radius 1 is 1.50 bits per heavy atom. The van der Waals surface area contributed by atoms with Gasteiger partial charge in [-0.3, -0.25) is 4.79 Å². The fourth-order valence-corrected chi connectivity index (χ4v) is 2.32. The first-order valence-electron chi connectivity index (χ1n) is 6.23. The van der Waals surface area contributed by atoms with Crippen LogP contribution < -0.4 is 11.1 Å². The topological polar surface area (TPSA) is 75.4 Å². The molecular formula is C13H15ClFN3O2. The number of carbonyl (C=O) groups excluding carboxylic acids is 2. The van der Waals surface area contributed by atoms with Gasteiger partial charge in [0.15, 0.2) is 0 Å². The molecular weight excluding hydrogens is 285 g/mol. The lowest BCUT2D eigenvalue weighted by Gasteiger charge is -2.17. The third kappa shape index (κ3) is 3.39. The van der Waals surface area contributed by atoms with Crippen molar-refractivity contribution in [3.63, 3.8) is 0 Å². The lowest BCUT2D eigenvalue weighted by molar-refractivity contribution is -0.121. The molecule has 2 rings (SSSR count). The minimum Gasteiger partial charge on any atom is -0.369 e. The zero-order valence-corrected chi connectivity index (χ0v) is 11.5. The Labute approximate surface area is 120 Å². The molecule has 0 radical (unpaired) electrons. The second-order valence-corrected chi connectivity index (χ2v) is 5.15. The number of hydrogen-bond acceptors (Lipinski definition) is 2. The van der Waals surface area contributed by atoms with E-state index in [1.54, 1.807) is 11.0 Å². The van der Waals surface area contributed by atoms with E-state index in [1.165, 1.54) is 12.1 Å². The van der Waals surface area contributed by atoms with E-state index >= 15 is 0 Å². The van der Waals surface area contributed by atoms with Crippen molar-refractivity contribution in [2.24, 2.45) is 11.7 Å². The first-order chi connectivity index (χ1) is 9.47. The monoisotopic (exact) mass is 299 g/mol. The molecule has 20 heavy (non-hydrogen) atoms. The van der Waals surface area contributed by atoms with Crippen molar-refractivity contribution in [1.82, 2.24) is 10.2 Å². The zero-order chi connectivity index (χ0) is 14.7. The Morgan fingerprint density at radius 3 is 2.85 bits per heavy atom. The number of urea groups is 1. The maximum absolute atomic E-state index is 13.0. The number of amides is 3. The molecule has 1 saturated heterocycles. The number of benzene rings is 1. The van der Waals surface area contributed by atoms with E-state index in [0.29, 0.717) is 25.1 Å². The molecule has 1 aliphatic heterocycles. The van der Waals surface area contributed by atoms with Gasteiger partial charge in [-0.1, -0.05) is 17.7 Å². The van der Waals surface area contributed by atoms with Crippen LogP contribution in [0.3, 0.4) is 0 Å². The van der Waals surface area contributed by atoms with Crippen LogP contribution in [0.15, 0.2) is 18.2 Å². The average Bonchev–Trinajstić information content (AvgIpc) is 2.89. The number of hydrogen-bond donors (Lipinski definition) is 2. The summed E-state index contributed by atoms with van der Waals surface area (Å²) in [5.74, 6) is -1.16. The van der Waals surface area contributed by atoms with Crippen LogP contribution in [0.4, 0.5) is 9.18 Å². The third-order valence-electron chi connectivity index (χ3n) is 3.31. The van der Waals surface area contributed by atoms with Gasteiger partial charge in [0.05, 0.1) is 10.9 Å². The summed E-state index contributed by atoms with van der Waals surface area (Å²) in [6.45, 7) is 1.09. The first-order valence-corrected chi connectivity index (χ1v) is 6.61. The van der Waals surface area contributed by atoms with Gasteiger partial charge >= 0.3 is 6.03 Å². The van der Waals surface area contributed by atoms with Gasteiger partial charge in [0, 0.05) is 19.6 Å². The second kappa shape index (κ2) is 6.09. The lowest BCUT2D eigenvalue weighted by Crippen LogP contribution is -2.39. The number of nitrogens with one attached hydrogen (secondary N) is 1. The summed E-state index contributed by atoms with van der Waals surface area (Å²) in [7, 11) is 0. The number of rotatable bonds is 3. The third-order valence-corrected chi connectivity index (χ3v) is 3.60. The Balaban J connectivity index is 1.86. The summed E-state index contributed by atoms with van der Waals surface area (Å²) >= 11 is 5.66. The van der Waals surface area contributed by atoms with Crippen molar-refractivity contribution in [3.05, 3.63) is 34.6 Å². The highest BCUT2D eigenvalue weighted by atomic mass is 35.5. The standard InChI is InChI=1S/C13H15ClFN3O2/c14-10-5-8(1-2-11(10)15)6-17-13(20)18-4-3-9(7-18)12(16)19/h1-2,5,9H,3-4,6-7H2,(H2,16,19)(H,17,20)/t9-/m0/s1. The van der Waals surface area contributed by atoms with E-state index in [-0.39, 0.29) is 29.4 Å². The highest BCUT2D eigenvalue weighted by Crippen LogP contribution is 2.17. The fourth-order valence-electron chi connectivity index (χ4n) is 2.12. The van der Waals surface area contributed by atoms with E-state index < -0.39 is 5.82 Å². The van der Waals surface area contributed by atoms with E-state index in [0.717, 1.165) is 0 Å². The van der Waals surface area contributed by atoms with Crippen LogP contribution in [0.2, 0.25) is 5.02 Å². The van der Waals surface area contributed by atoms with Crippen LogP contribution in [0, 0.1) is 11.7 Å². The van der Waals surface area contributed by atoms with Crippen molar-refractivity contribution >= 4 is 23.5 Å². The summed E-state index contributed by atoms with van der Waals surface area (Å²) in [5, 5.41) is 2.72. The minimum absolute atomic E-state index is 0.0201. The highest BCUT2D eigenvalue weighted by molar-refractivity contribution is 6.30. The maximum Gasteiger partial charge on any atom is 0.317 e. The number of nitrogens with zero attached hydrogens (tertiary/aromatic N) is 1. The van der Waals surface area contributed by atoms with Gasteiger partial charge in [0.25, 0.3) is 0 Å². The van der Waals surface area contributed by atoms with Crippen molar-refractivity contribution in [3.8, 4) is 0 Å². The number of nitrogens with two attached hydrogens (primary N) is 1. The number of primary amides is 1. The Morgan fingerprint density at radius 2 is 2.25 bits per heavy atom. The fraction of sp³-hybridized carbons (Fsp3) is 0.385. The first kappa shape index (κ1) is 14.6. The van der Waals surface area contributed by atoms with Gasteiger partial charge in [-0.05, 0) is 24.1 Å². The molecule has 0 unspecified atom stereocenters. The van der Waals surface area contributed by atoms with Crippen molar-refractivity contribution in [2.45, 2.75) is 13.0 Å². The largest absolute Gasteiger partial charge is 0.369 e. The predicted molar refractivity (Wildman–Crippen MR) is 72.5 cm³/mol. The molecule has 1 aliphatic rings. The van der Waals surface area contributed by atoms with E-state index in [2.05, 4.69) is 5.32 Å². The zero-order valence-electron chi connectivity index (χ0n) is 10.7. The summed E-state index contributed by atoms with van der Waals surface area (Å²) in [4.78, 5) is 24.5. The van der Waals surface area contributed by atoms with Gasteiger partial charge < -0.3 is 16.0 Å². The minimum atomic E-state index is -0.495. The smallest absolute Gasteiger partial charge is 0.317 e. The molecule has 0 aliphatic carbocycles. The molecule has 0 bridgehead atoms. The second-order valence-electron chi connectivity index (χ2n) is 4.74. The predicted octanol–water partition coefficient (Wildman–Crippen LogP) is 1.50. The summed E-state index contributed by atoms with van der Waals surface area (Å²) in [6, 6.07) is 4.00. The molecule has 1 heterocycles. The van der Waals surface area contributed by atoms with Crippen LogP contribution in [-0.2, 0) is 11.3 Å². The molecule has 0 aromatic heterocycles. The molecule has 1 fully saturated rings. The van der Waals surface area contributed by atoms with E-state index in [1.807, 2.05) is 0 Å². The molecule has 1 aromatic rings. The van der Waals surface area contributed by atoms with Crippen LogP contribution in [0.5, 0.6) is 0 Å². The van der Waals surface area contributed by atoms with Crippen LogP contribution in [0.1, 0.15) is 12.0 Å². The lowest BCUT2D eigenvalue weighted by atomic mass is 10.1. The van der Waals surface area contributed by atoms with Gasteiger partial charge in [-0.2, -0.15) is 0 Å². The van der Waals surface area contributed by atoms with Gasteiger partial charge in [-0.15, -0.1) is 0 Å². The molecule has 108 valence electrons. The van der Waals surface area contributed by atoms with Crippen LogP contribution >= 0.6 is 11.6 Å². The summed E-state index contributed by atoms with van der Waals surface area (Å²) in [6.07, 6.45) is 0.588. The molecule has 1 aromatic carbocycles. The molecule has 5 nitrogen and oxygen atoms in total. The maximum atomic E-state index is 13.0. The number of halogens is 2. The van der Waals surface area contributed by atoms with Gasteiger partial charge in [0.2, 0.25) is 5.91 Å². The number of carbonyl (C=O) groups is 2. The van der Waals surface area contributed by atoms with Gasteiger partial charge in [-0.25, -0.2) is 9.18 Å². The Hall–Kier alpha value is -1.82. The molecule has 3 amide bonds. The van der Waals surface area contributed by atoms with E-state index in [4.69, 9.17) is 17.3 Å². The molecule has 7 heteroatoms. The quantitative estimate of drug-likeness (QED) is 0.887.